The second-order valence-corrected chi connectivity index (χ2v) is 6.03. The Kier molecular flexibility index (Phi) is 4.01. The predicted molar refractivity (Wildman–Crippen MR) is 79.4 cm³/mol. The third-order valence-corrected chi connectivity index (χ3v) is 4.71. The average molecular weight is 290 g/mol. The third kappa shape index (κ3) is 2.97. The third-order valence-electron chi connectivity index (χ3n) is 4.71. The zero-order chi connectivity index (χ0) is 14.8. The van der Waals surface area contributed by atoms with E-state index in [1.54, 1.807) is 4.90 Å². The van der Waals surface area contributed by atoms with Crippen LogP contribution in [0.4, 0.5) is 0 Å². The standard InChI is InChI=1S/C16H22N2O3/c19-12-3-4-13(15(20)10-12)16(21)18-8-5-11(6-9-18)14-2-1-7-17-14/h3-4,10-11,14,17,19-20H,1-2,5-9H2. The number of benzene rings is 1. The Bertz CT molecular complexity index is 518. The van der Waals surface area contributed by atoms with Gasteiger partial charge in [-0.3, -0.25) is 4.79 Å². The van der Waals surface area contributed by atoms with Crippen LogP contribution in [0.25, 0.3) is 0 Å². The van der Waals surface area contributed by atoms with Crippen LogP contribution in [0.3, 0.4) is 0 Å². The molecule has 1 aromatic rings. The molecule has 0 spiro atoms. The molecule has 1 aromatic carbocycles. The van der Waals surface area contributed by atoms with Crippen molar-refractivity contribution in [3.63, 3.8) is 0 Å². The monoisotopic (exact) mass is 290 g/mol. The molecule has 2 aliphatic rings. The fourth-order valence-electron chi connectivity index (χ4n) is 3.49. The first-order valence-electron chi connectivity index (χ1n) is 7.70. The molecule has 1 atom stereocenters. The summed E-state index contributed by atoms with van der Waals surface area (Å²) in [6.07, 6.45) is 4.53. The van der Waals surface area contributed by atoms with Crippen molar-refractivity contribution in [2.24, 2.45) is 5.92 Å². The number of phenolic OH excluding ortho intramolecular Hbond substituents is 2. The summed E-state index contributed by atoms with van der Waals surface area (Å²) >= 11 is 0. The number of nitrogens with zero attached hydrogens (tertiary/aromatic N) is 1. The maximum absolute atomic E-state index is 12.4. The number of rotatable bonds is 2. The van der Waals surface area contributed by atoms with Crippen LogP contribution in [0, 0.1) is 5.92 Å². The molecular formula is C16H22N2O3. The molecule has 2 heterocycles. The molecule has 2 saturated heterocycles. The first-order valence-corrected chi connectivity index (χ1v) is 7.70. The Morgan fingerprint density at radius 2 is 1.95 bits per heavy atom. The summed E-state index contributed by atoms with van der Waals surface area (Å²) in [5.74, 6) is 0.324. The summed E-state index contributed by atoms with van der Waals surface area (Å²) in [5.41, 5.74) is 0.269. The van der Waals surface area contributed by atoms with Gasteiger partial charge >= 0.3 is 0 Å². The van der Waals surface area contributed by atoms with Gasteiger partial charge in [-0.15, -0.1) is 0 Å². The molecule has 2 aliphatic heterocycles. The summed E-state index contributed by atoms with van der Waals surface area (Å²) in [7, 11) is 0. The van der Waals surface area contributed by atoms with Crippen LogP contribution < -0.4 is 5.32 Å². The van der Waals surface area contributed by atoms with Gasteiger partial charge in [-0.05, 0) is 50.3 Å². The average Bonchev–Trinajstić information content (AvgIpc) is 3.01. The molecule has 0 aliphatic carbocycles. The lowest BCUT2D eigenvalue weighted by Gasteiger charge is -2.35. The number of carbonyl (C=O) groups is 1. The van der Waals surface area contributed by atoms with Crippen molar-refractivity contribution in [2.45, 2.75) is 31.7 Å². The minimum Gasteiger partial charge on any atom is -0.508 e. The number of aromatic hydroxyl groups is 2. The van der Waals surface area contributed by atoms with Crippen LogP contribution in [-0.4, -0.2) is 46.7 Å². The van der Waals surface area contributed by atoms with Gasteiger partial charge in [0, 0.05) is 25.2 Å². The largest absolute Gasteiger partial charge is 0.508 e. The van der Waals surface area contributed by atoms with E-state index in [-0.39, 0.29) is 23.0 Å². The number of likely N-dealkylation sites (tertiary alicyclic amines) is 1. The molecule has 114 valence electrons. The van der Waals surface area contributed by atoms with Gasteiger partial charge in [0.05, 0.1) is 5.56 Å². The minimum absolute atomic E-state index is 0.0323. The molecule has 0 bridgehead atoms. The summed E-state index contributed by atoms with van der Waals surface area (Å²) in [4.78, 5) is 14.2. The number of carbonyl (C=O) groups excluding carboxylic acids is 1. The van der Waals surface area contributed by atoms with E-state index in [0.717, 1.165) is 32.5 Å². The van der Waals surface area contributed by atoms with Gasteiger partial charge in [0.1, 0.15) is 11.5 Å². The Balaban J connectivity index is 1.62. The van der Waals surface area contributed by atoms with Gasteiger partial charge in [0.2, 0.25) is 0 Å². The Labute approximate surface area is 124 Å². The fourth-order valence-corrected chi connectivity index (χ4v) is 3.49. The van der Waals surface area contributed by atoms with Crippen molar-refractivity contribution in [1.82, 2.24) is 10.2 Å². The van der Waals surface area contributed by atoms with Gasteiger partial charge in [-0.1, -0.05) is 0 Å². The molecule has 21 heavy (non-hydrogen) atoms. The van der Waals surface area contributed by atoms with E-state index in [9.17, 15) is 15.0 Å². The number of hydrogen-bond donors (Lipinski definition) is 3. The summed E-state index contributed by atoms with van der Waals surface area (Å²) in [6.45, 7) is 2.59. The van der Waals surface area contributed by atoms with E-state index in [1.807, 2.05) is 0 Å². The molecule has 2 fully saturated rings. The lowest BCUT2D eigenvalue weighted by atomic mass is 9.88. The number of piperidine rings is 1. The summed E-state index contributed by atoms with van der Waals surface area (Å²) in [5, 5.41) is 22.6. The van der Waals surface area contributed by atoms with Crippen molar-refractivity contribution < 1.29 is 15.0 Å². The molecule has 1 unspecified atom stereocenters. The van der Waals surface area contributed by atoms with Crippen molar-refractivity contribution in [1.29, 1.82) is 0 Å². The second kappa shape index (κ2) is 5.93. The SMILES string of the molecule is O=C(c1ccc(O)cc1O)N1CCC(C2CCCN2)CC1. The van der Waals surface area contributed by atoms with E-state index in [4.69, 9.17) is 0 Å². The number of hydrogen-bond acceptors (Lipinski definition) is 4. The van der Waals surface area contributed by atoms with Crippen LogP contribution in [0.1, 0.15) is 36.0 Å². The predicted octanol–water partition coefficient (Wildman–Crippen LogP) is 1.70. The van der Waals surface area contributed by atoms with Crippen molar-refractivity contribution >= 4 is 5.91 Å². The maximum atomic E-state index is 12.4. The Morgan fingerprint density at radius 1 is 1.19 bits per heavy atom. The Morgan fingerprint density at radius 3 is 2.57 bits per heavy atom. The van der Waals surface area contributed by atoms with Crippen molar-refractivity contribution in [2.75, 3.05) is 19.6 Å². The maximum Gasteiger partial charge on any atom is 0.257 e. The molecule has 3 rings (SSSR count). The summed E-state index contributed by atoms with van der Waals surface area (Å²) < 4.78 is 0. The van der Waals surface area contributed by atoms with Crippen LogP contribution in [-0.2, 0) is 0 Å². The summed E-state index contributed by atoms with van der Waals surface area (Å²) in [6, 6.07) is 4.74. The van der Waals surface area contributed by atoms with Crippen LogP contribution in [0.5, 0.6) is 11.5 Å². The highest BCUT2D eigenvalue weighted by molar-refractivity contribution is 5.97. The van der Waals surface area contributed by atoms with Crippen LogP contribution >= 0.6 is 0 Å². The minimum atomic E-state index is -0.153. The van der Waals surface area contributed by atoms with E-state index in [1.165, 1.54) is 31.0 Å². The number of phenols is 2. The van der Waals surface area contributed by atoms with E-state index < -0.39 is 0 Å². The van der Waals surface area contributed by atoms with E-state index >= 15 is 0 Å². The van der Waals surface area contributed by atoms with Crippen molar-refractivity contribution in [3.05, 3.63) is 23.8 Å². The number of nitrogens with one attached hydrogen (secondary N) is 1. The molecule has 1 amide bonds. The van der Waals surface area contributed by atoms with E-state index in [0.29, 0.717) is 12.0 Å². The zero-order valence-corrected chi connectivity index (χ0v) is 12.1. The fraction of sp³-hybridized carbons (Fsp3) is 0.562. The highest BCUT2D eigenvalue weighted by atomic mass is 16.3. The quantitative estimate of drug-likeness (QED) is 0.775. The van der Waals surface area contributed by atoms with Crippen LogP contribution in [0.2, 0.25) is 0 Å². The highest BCUT2D eigenvalue weighted by Crippen LogP contribution is 2.28. The lowest BCUT2D eigenvalue weighted by molar-refractivity contribution is 0.0671. The lowest BCUT2D eigenvalue weighted by Crippen LogP contribution is -2.43. The molecular weight excluding hydrogens is 268 g/mol. The smallest absolute Gasteiger partial charge is 0.257 e. The van der Waals surface area contributed by atoms with Gasteiger partial charge in [0.15, 0.2) is 0 Å². The first-order chi connectivity index (χ1) is 10.1. The van der Waals surface area contributed by atoms with Crippen LogP contribution in [0.15, 0.2) is 18.2 Å². The normalized spacial score (nSPS) is 23.4. The molecule has 5 nitrogen and oxygen atoms in total. The Hall–Kier alpha value is -1.75. The van der Waals surface area contributed by atoms with Gasteiger partial charge in [-0.25, -0.2) is 0 Å². The molecule has 0 saturated carbocycles. The topological polar surface area (TPSA) is 72.8 Å². The molecule has 0 radical (unpaired) electrons. The van der Waals surface area contributed by atoms with Gasteiger partial charge in [-0.2, -0.15) is 0 Å². The highest BCUT2D eigenvalue weighted by Gasteiger charge is 2.30. The second-order valence-electron chi connectivity index (χ2n) is 6.03. The molecule has 0 aromatic heterocycles. The number of amides is 1. The zero-order valence-electron chi connectivity index (χ0n) is 12.1. The molecule has 3 N–H and O–H groups in total. The van der Waals surface area contributed by atoms with E-state index in [2.05, 4.69) is 5.32 Å². The van der Waals surface area contributed by atoms with Gasteiger partial charge < -0.3 is 20.4 Å². The van der Waals surface area contributed by atoms with Crippen molar-refractivity contribution in [3.8, 4) is 11.5 Å². The van der Waals surface area contributed by atoms with Gasteiger partial charge in [0.25, 0.3) is 5.91 Å². The first kappa shape index (κ1) is 14.2. The molecule has 5 heteroatoms.